The summed E-state index contributed by atoms with van der Waals surface area (Å²) in [5.74, 6) is -0.617. The Hall–Kier alpha value is -0.920. The van der Waals surface area contributed by atoms with Gasteiger partial charge in [0.05, 0.1) is 4.90 Å². The molecule has 1 rings (SSSR count). The molecule has 0 fully saturated rings. The number of esters is 1. The van der Waals surface area contributed by atoms with Crippen LogP contribution in [0.3, 0.4) is 0 Å². The maximum Gasteiger partial charge on any atom is 0.324 e. The third-order valence-corrected chi connectivity index (χ3v) is 4.77. The summed E-state index contributed by atoms with van der Waals surface area (Å²) in [6.45, 7) is 6.61. The van der Waals surface area contributed by atoms with Crippen LogP contribution in [0.1, 0.15) is 27.7 Å². The molecule has 0 aromatic heterocycles. The van der Waals surface area contributed by atoms with Gasteiger partial charge in [0.15, 0.2) is 0 Å². The van der Waals surface area contributed by atoms with E-state index >= 15 is 0 Å². The predicted molar refractivity (Wildman–Crippen MR) is 79.8 cm³/mol. The van der Waals surface area contributed by atoms with Crippen molar-refractivity contribution >= 4 is 31.9 Å². The number of sulfonamides is 1. The zero-order valence-corrected chi connectivity index (χ0v) is 14.2. The van der Waals surface area contributed by atoms with E-state index < -0.39 is 27.6 Å². The van der Waals surface area contributed by atoms with Crippen molar-refractivity contribution in [1.82, 2.24) is 4.72 Å². The summed E-state index contributed by atoms with van der Waals surface area (Å²) >= 11 is 3.17. The smallest absolute Gasteiger partial charge is 0.324 e. The lowest BCUT2D eigenvalue weighted by Crippen LogP contribution is -2.42. The van der Waals surface area contributed by atoms with Gasteiger partial charge in [-0.15, -0.1) is 0 Å². The highest BCUT2D eigenvalue weighted by Crippen LogP contribution is 2.21. The number of rotatable bonds is 4. The summed E-state index contributed by atoms with van der Waals surface area (Å²) in [5, 5.41) is 0. The van der Waals surface area contributed by atoms with Crippen LogP contribution < -0.4 is 4.72 Å². The van der Waals surface area contributed by atoms with E-state index in [0.717, 1.165) is 0 Å². The first kappa shape index (κ1) is 17.1. The van der Waals surface area contributed by atoms with Crippen molar-refractivity contribution in [2.45, 2.75) is 44.2 Å². The highest BCUT2D eigenvalue weighted by Gasteiger charge is 2.27. The molecule has 1 N–H and O–H groups in total. The molecule has 1 aromatic rings. The Morgan fingerprint density at radius 2 is 1.85 bits per heavy atom. The topological polar surface area (TPSA) is 72.5 Å². The lowest BCUT2D eigenvalue weighted by molar-refractivity contribution is -0.156. The third-order valence-electron chi connectivity index (χ3n) is 2.22. The van der Waals surface area contributed by atoms with Crippen LogP contribution in [-0.2, 0) is 19.6 Å². The fourth-order valence-corrected chi connectivity index (χ4v) is 3.59. The van der Waals surface area contributed by atoms with E-state index in [0.29, 0.717) is 4.47 Å². The number of carbonyl (C=O) groups is 1. The van der Waals surface area contributed by atoms with Gasteiger partial charge in [0.2, 0.25) is 10.0 Å². The lowest BCUT2D eigenvalue weighted by Gasteiger charge is -2.22. The fourth-order valence-electron chi connectivity index (χ4n) is 1.40. The SMILES string of the molecule is C[C@H](NS(=O)(=O)c1ccccc1Br)C(=O)OC(C)(C)C. The van der Waals surface area contributed by atoms with Gasteiger partial charge in [-0.25, -0.2) is 8.42 Å². The van der Waals surface area contributed by atoms with Gasteiger partial charge in [-0.3, -0.25) is 4.79 Å². The molecule has 0 aliphatic rings. The fraction of sp³-hybridized carbons (Fsp3) is 0.462. The summed E-state index contributed by atoms with van der Waals surface area (Å²) in [5.41, 5.74) is -0.663. The first-order valence-corrected chi connectivity index (χ1v) is 8.30. The van der Waals surface area contributed by atoms with Gasteiger partial charge in [0.25, 0.3) is 0 Å². The Morgan fingerprint density at radius 3 is 2.35 bits per heavy atom. The minimum atomic E-state index is -3.79. The molecule has 1 atom stereocenters. The lowest BCUT2D eigenvalue weighted by atomic mass is 10.2. The maximum absolute atomic E-state index is 12.2. The van der Waals surface area contributed by atoms with E-state index in [-0.39, 0.29) is 4.90 Å². The highest BCUT2D eigenvalue weighted by atomic mass is 79.9. The number of benzene rings is 1. The molecule has 0 saturated carbocycles. The van der Waals surface area contributed by atoms with Crippen molar-refractivity contribution in [2.24, 2.45) is 0 Å². The predicted octanol–water partition coefficient (Wildman–Crippen LogP) is 2.46. The molecule has 0 amide bonds. The second-order valence-electron chi connectivity index (χ2n) is 5.31. The van der Waals surface area contributed by atoms with Crippen molar-refractivity contribution in [1.29, 1.82) is 0 Å². The summed E-state index contributed by atoms with van der Waals surface area (Å²) in [4.78, 5) is 11.9. The average molecular weight is 364 g/mol. The molecule has 0 radical (unpaired) electrons. The van der Waals surface area contributed by atoms with E-state index in [1.807, 2.05) is 0 Å². The zero-order chi connectivity index (χ0) is 15.6. The van der Waals surface area contributed by atoms with E-state index in [1.165, 1.54) is 13.0 Å². The molecular formula is C13H18BrNO4S. The summed E-state index contributed by atoms with van der Waals surface area (Å²) in [6, 6.07) is 5.42. The van der Waals surface area contributed by atoms with Crippen LogP contribution in [0.5, 0.6) is 0 Å². The Bertz CT molecular complexity index is 593. The molecule has 0 unspecified atom stereocenters. The molecule has 1 aromatic carbocycles. The molecule has 112 valence electrons. The van der Waals surface area contributed by atoms with E-state index in [4.69, 9.17) is 4.74 Å². The van der Waals surface area contributed by atoms with Gasteiger partial charge in [0, 0.05) is 4.47 Å². The van der Waals surface area contributed by atoms with Crippen LogP contribution >= 0.6 is 15.9 Å². The van der Waals surface area contributed by atoms with Crippen LogP contribution in [0.15, 0.2) is 33.6 Å². The Morgan fingerprint density at radius 1 is 1.30 bits per heavy atom. The monoisotopic (exact) mass is 363 g/mol. The van der Waals surface area contributed by atoms with Crippen LogP contribution in [0.2, 0.25) is 0 Å². The first-order valence-electron chi connectivity index (χ1n) is 6.02. The van der Waals surface area contributed by atoms with Gasteiger partial charge in [-0.2, -0.15) is 4.72 Å². The molecule has 0 aliphatic carbocycles. The number of hydrogen-bond donors (Lipinski definition) is 1. The molecular weight excluding hydrogens is 346 g/mol. The average Bonchev–Trinajstić information content (AvgIpc) is 2.26. The van der Waals surface area contributed by atoms with Gasteiger partial charge in [0.1, 0.15) is 11.6 Å². The number of ether oxygens (including phenoxy) is 1. The van der Waals surface area contributed by atoms with Crippen molar-refractivity contribution in [3.63, 3.8) is 0 Å². The Kier molecular flexibility index (Phi) is 5.34. The quantitative estimate of drug-likeness (QED) is 0.833. The second kappa shape index (κ2) is 6.24. The van der Waals surface area contributed by atoms with Gasteiger partial charge in [-0.1, -0.05) is 12.1 Å². The number of halogens is 1. The number of nitrogens with one attached hydrogen (secondary N) is 1. The zero-order valence-electron chi connectivity index (χ0n) is 11.8. The van der Waals surface area contributed by atoms with Gasteiger partial charge >= 0.3 is 5.97 Å². The molecule has 5 nitrogen and oxygen atoms in total. The van der Waals surface area contributed by atoms with E-state index in [1.54, 1.807) is 39.0 Å². The molecule has 7 heteroatoms. The molecule has 0 heterocycles. The minimum Gasteiger partial charge on any atom is -0.459 e. The van der Waals surface area contributed by atoms with E-state index in [2.05, 4.69) is 20.7 Å². The normalized spacial score (nSPS) is 13.8. The van der Waals surface area contributed by atoms with Crippen molar-refractivity contribution in [2.75, 3.05) is 0 Å². The highest BCUT2D eigenvalue weighted by molar-refractivity contribution is 9.10. The van der Waals surface area contributed by atoms with Gasteiger partial charge in [-0.05, 0) is 55.8 Å². The number of hydrogen-bond acceptors (Lipinski definition) is 4. The molecule has 0 spiro atoms. The molecule has 20 heavy (non-hydrogen) atoms. The number of carbonyl (C=O) groups excluding carboxylic acids is 1. The molecule has 0 saturated heterocycles. The molecule has 0 bridgehead atoms. The van der Waals surface area contributed by atoms with Crippen LogP contribution in [0, 0.1) is 0 Å². The molecule has 0 aliphatic heterocycles. The van der Waals surface area contributed by atoms with Gasteiger partial charge < -0.3 is 4.74 Å². The van der Waals surface area contributed by atoms with Crippen LogP contribution in [0.4, 0.5) is 0 Å². The van der Waals surface area contributed by atoms with Crippen LogP contribution in [0.25, 0.3) is 0 Å². The van der Waals surface area contributed by atoms with Crippen LogP contribution in [-0.4, -0.2) is 26.0 Å². The summed E-state index contributed by atoms with van der Waals surface area (Å²) < 4.78 is 32.2. The van der Waals surface area contributed by atoms with Crippen molar-refractivity contribution in [3.05, 3.63) is 28.7 Å². The Balaban J connectivity index is 2.87. The maximum atomic E-state index is 12.2. The van der Waals surface area contributed by atoms with Crippen molar-refractivity contribution in [3.8, 4) is 0 Å². The first-order chi connectivity index (χ1) is 9.03. The Labute approximate surface area is 127 Å². The van der Waals surface area contributed by atoms with Crippen molar-refractivity contribution < 1.29 is 17.9 Å². The van der Waals surface area contributed by atoms with E-state index in [9.17, 15) is 13.2 Å². The standard InChI is InChI=1S/C13H18BrNO4S/c1-9(12(16)19-13(2,3)4)15-20(17,18)11-8-6-5-7-10(11)14/h5-9,15H,1-4H3/t9-/m0/s1. The minimum absolute atomic E-state index is 0.0791. The summed E-state index contributed by atoms with van der Waals surface area (Å²) in [6.07, 6.45) is 0. The second-order valence-corrected chi connectivity index (χ2v) is 7.84. The third kappa shape index (κ3) is 4.88. The largest absolute Gasteiger partial charge is 0.459 e. The summed E-state index contributed by atoms with van der Waals surface area (Å²) in [7, 11) is -3.79.